The number of hydrogen-bond acceptors (Lipinski definition) is 7. The molecular formula is C16H21BrN6O3S2. The summed E-state index contributed by atoms with van der Waals surface area (Å²) in [5.74, 6) is 4.72. The summed E-state index contributed by atoms with van der Waals surface area (Å²) < 4.78 is 25.8. The van der Waals surface area contributed by atoms with Gasteiger partial charge in [0.05, 0.1) is 10.7 Å². The topological polar surface area (TPSA) is 125 Å². The summed E-state index contributed by atoms with van der Waals surface area (Å²) >= 11 is 3.38. The van der Waals surface area contributed by atoms with Crippen molar-refractivity contribution >= 4 is 65.9 Å². The molecule has 0 bridgehead atoms. The summed E-state index contributed by atoms with van der Waals surface area (Å²) in [7, 11) is -4.19. The normalized spacial score (nSPS) is 12.2. The zero-order valence-electron chi connectivity index (χ0n) is 15.3. The number of benzene rings is 1. The van der Waals surface area contributed by atoms with E-state index < -0.39 is 20.7 Å². The Morgan fingerprint density at radius 2 is 1.93 bits per heavy atom. The highest BCUT2D eigenvalue weighted by Crippen LogP contribution is 2.25. The molecule has 1 aromatic carbocycles. The standard InChI is InChI=1S/C16H21BrN6O3S2/c1-11(24)18-8-9-19-15-14(17)10-20-16(22-15)21-12-4-6-13(7-5-12)27(2)23-28(3,25)26/h4-7,10,23H,2,8-9H2,1,3H3,(H,18,24)(H2,19,20,21,22). The van der Waals surface area contributed by atoms with E-state index in [1.165, 1.54) is 6.92 Å². The Labute approximate surface area is 175 Å². The summed E-state index contributed by atoms with van der Waals surface area (Å²) in [5, 5.41) is 8.90. The molecule has 0 aliphatic carbocycles. The lowest BCUT2D eigenvalue weighted by molar-refractivity contribution is -0.118. The number of rotatable bonds is 9. The first-order chi connectivity index (χ1) is 13.1. The third-order valence-corrected chi connectivity index (χ3v) is 6.62. The maximum atomic E-state index is 11.3. The van der Waals surface area contributed by atoms with Gasteiger partial charge in [-0.25, -0.2) is 13.4 Å². The maximum Gasteiger partial charge on any atom is 0.229 e. The number of anilines is 3. The molecule has 0 saturated heterocycles. The van der Waals surface area contributed by atoms with Crippen LogP contribution in [0.5, 0.6) is 0 Å². The molecule has 0 fully saturated rings. The number of carbonyl (C=O) groups excluding carboxylic acids is 1. The highest BCUT2D eigenvalue weighted by Gasteiger charge is 2.07. The minimum atomic E-state index is -3.32. The smallest absolute Gasteiger partial charge is 0.229 e. The van der Waals surface area contributed by atoms with Crippen LogP contribution in [0.15, 0.2) is 39.8 Å². The molecular weight excluding hydrogens is 468 g/mol. The monoisotopic (exact) mass is 488 g/mol. The summed E-state index contributed by atoms with van der Waals surface area (Å²) in [6.45, 7) is 2.45. The van der Waals surface area contributed by atoms with Crippen LogP contribution in [-0.2, 0) is 14.8 Å². The maximum absolute atomic E-state index is 11.3. The van der Waals surface area contributed by atoms with E-state index in [0.717, 1.165) is 16.8 Å². The van der Waals surface area contributed by atoms with Gasteiger partial charge in [-0.2, -0.15) is 9.11 Å². The summed E-state index contributed by atoms with van der Waals surface area (Å²) in [5.41, 5.74) is 0.742. The number of carbonyl (C=O) groups is 1. The summed E-state index contributed by atoms with van der Waals surface area (Å²) in [4.78, 5) is 20.3. The Morgan fingerprint density at radius 3 is 2.54 bits per heavy atom. The van der Waals surface area contributed by atoms with Crippen molar-refractivity contribution in [2.24, 2.45) is 0 Å². The Hall–Kier alpha value is -2.02. The third-order valence-electron chi connectivity index (χ3n) is 3.18. The Bertz CT molecular complexity index is 967. The van der Waals surface area contributed by atoms with Gasteiger partial charge >= 0.3 is 0 Å². The molecule has 4 N–H and O–H groups in total. The van der Waals surface area contributed by atoms with Crippen molar-refractivity contribution in [3.05, 3.63) is 34.9 Å². The van der Waals surface area contributed by atoms with Gasteiger partial charge in [-0.3, -0.25) is 4.79 Å². The van der Waals surface area contributed by atoms with Gasteiger partial charge in [0.2, 0.25) is 21.9 Å². The fourth-order valence-corrected chi connectivity index (χ4v) is 4.68. The van der Waals surface area contributed by atoms with Crippen molar-refractivity contribution in [2.45, 2.75) is 11.8 Å². The van der Waals surface area contributed by atoms with Crippen LogP contribution in [0.1, 0.15) is 6.92 Å². The lowest BCUT2D eigenvalue weighted by Crippen LogP contribution is -2.26. The van der Waals surface area contributed by atoms with E-state index in [9.17, 15) is 13.2 Å². The molecule has 1 heterocycles. The van der Waals surface area contributed by atoms with Crippen molar-refractivity contribution in [3.63, 3.8) is 0 Å². The van der Waals surface area contributed by atoms with Gasteiger partial charge in [0.15, 0.2) is 0 Å². The second-order valence-corrected chi connectivity index (χ2v) is 10.0. The third kappa shape index (κ3) is 7.54. The van der Waals surface area contributed by atoms with Crippen LogP contribution < -0.4 is 20.1 Å². The van der Waals surface area contributed by atoms with E-state index in [-0.39, 0.29) is 5.91 Å². The van der Waals surface area contributed by atoms with Crippen molar-refractivity contribution in [1.82, 2.24) is 19.4 Å². The Balaban J connectivity index is 2.02. The fraction of sp³-hybridized carbons (Fsp3) is 0.250. The van der Waals surface area contributed by atoms with Crippen molar-refractivity contribution in [3.8, 4) is 0 Å². The molecule has 2 rings (SSSR count). The number of nitrogens with zero attached hydrogens (tertiary/aromatic N) is 2. The quantitative estimate of drug-likeness (QED) is 0.314. The molecule has 9 nitrogen and oxygen atoms in total. The van der Waals surface area contributed by atoms with Crippen LogP contribution in [0.3, 0.4) is 0 Å². The average molecular weight is 489 g/mol. The van der Waals surface area contributed by atoms with Crippen molar-refractivity contribution in [1.29, 1.82) is 0 Å². The van der Waals surface area contributed by atoms with Crippen LogP contribution in [0.4, 0.5) is 17.5 Å². The van der Waals surface area contributed by atoms with E-state index in [0.29, 0.717) is 29.3 Å². The molecule has 0 aliphatic rings. The number of nitrogens with one attached hydrogen (secondary N) is 4. The molecule has 152 valence electrons. The molecule has 0 saturated carbocycles. The van der Waals surface area contributed by atoms with Gasteiger partial charge in [-0.15, -0.1) is 0 Å². The summed E-state index contributed by atoms with van der Waals surface area (Å²) in [6, 6.07) is 7.14. The van der Waals surface area contributed by atoms with Crippen LogP contribution in [0.2, 0.25) is 0 Å². The van der Waals surface area contributed by atoms with Crippen LogP contribution >= 0.6 is 26.6 Å². The zero-order chi connectivity index (χ0) is 20.7. The van der Waals surface area contributed by atoms with E-state index in [4.69, 9.17) is 0 Å². The average Bonchev–Trinajstić information content (AvgIpc) is 2.60. The molecule has 1 unspecified atom stereocenters. The minimum absolute atomic E-state index is 0.0915. The molecule has 0 radical (unpaired) electrons. The van der Waals surface area contributed by atoms with E-state index in [1.807, 2.05) is 0 Å². The predicted molar refractivity (Wildman–Crippen MR) is 118 cm³/mol. The zero-order valence-corrected chi connectivity index (χ0v) is 18.5. The number of sulfonamides is 1. The van der Waals surface area contributed by atoms with Crippen molar-refractivity contribution < 1.29 is 13.2 Å². The number of halogens is 1. The largest absolute Gasteiger partial charge is 0.367 e. The molecule has 0 spiro atoms. The minimum Gasteiger partial charge on any atom is -0.367 e. The van der Waals surface area contributed by atoms with Crippen LogP contribution in [0, 0.1) is 0 Å². The fourth-order valence-electron chi connectivity index (χ4n) is 2.03. The van der Waals surface area contributed by atoms with Gasteiger partial charge in [0, 0.05) is 36.8 Å². The molecule has 0 aliphatic heterocycles. The highest BCUT2D eigenvalue weighted by molar-refractivity contribution is 9.10. The Morgan fingerprint density at radius 1 is 1.25 bits per heavy atom. The van der Waals surface area contributed by atoms with Gasteiger partial charge < -0.3 is 16.0 Å². The first-order valence-electron chi connectivity index (χ1n) is 8.03. The van der Waals surface area contributed by atoms with Gasteiger partial charge in [0.25, 0.3) is 0 Å². The van der Waals surface area contributed by atoms with Crippen molar-refractivity contribution in [2.75, 3.05) is 30.0 Å². The second-order valence-electron chi connectivity index (χ2n) is 5.70. The molecule has 2 aromatic rings. The van der Waals surface area contributed by atoms with Gasteiger partial charge in [-0.05, 0) is 40.2 Å². The lowest BCUT2D eigenvalue weighted by Gasteiger charge is -2.11. The predicted octanol–water partition coefficient (Wildman–Crippen LogP) is 2.05. The SMILES string of the molecule is C=S(NS(C)(=O)=O)c1ccc(Nc2ncc(Br)c(NCCNC(C)=O)n2)cc1. The van der Waals surface area contributed by atoms with E-state index >= 15 is 0 Å². The number of hydrogen-bond donors (Lipinski definition) is 4. The van der Waals surface area contributed by atoms with Crippen LogP contribution in [0.25, 0.3) is 0 Å². The molecule has 28 heavy (non-hydrogen) atoms. The van der Waals surface area contributed by atoms with E-state index in [2.05, 4.69) is 51.8 Å². The molecule has 1 aromatic heterocycles. The first kappa shape index (κ1) is 22.3. The summed E-state index contributed by atoms with van der Waals surface area (Å²) in [6.07, 6.45) is 2.72. The highest BCUT2D eigenvalue weighted by atomic mass is 79.9. The van der Waals surface area contributed by atoms with Gasteiger partial charge in [0.1, 0.15) is 5.82 Å². The lowest BCUT2D eigenvalue weighted by atomic mass is 10.3. The van der Waals surface area contributed by atoms with E-state index in [1.54, 1.807) is 30.5 Å². The molecule has 1 amide bonds. The van der Waals surface area contributed by atoms with Crippen LogP contribution in [-0.4, -0.2) is 49.5 Å². The van der Waals surface area contributed by atoms with Gasteiger partial charge in [-0.1, -0.05) is 16.5 Å². The molecule has 12 heteroatoms. The number of amides is 1. The Kier molecular flexibility index (Phi) is 7.92. The molecule has 1 atom stereocenters. The second kappa shape index (κ2) is 9.96. The number of aromatic nitrogens is 2. The first-order valence-corrected chi connectivity index (χ1v) is 12.1.